The number of benzene rings is 1. The number of rotatable bonds is 4. The minimum absolute atomic E-state index is 0.261. The summed E-state index contributed by atoms with van der Waals surface area (Å²) in [6.45, 7) is 1.72. The molecule has 0 fully saturated rings. The fraction of sp³-hybridized carbons (Fsp3) is 0.105. The summed E-state index contributed by atoms with van der Waals surface area (Å²) in [5, 5.41) is 7.18. The van der Waals surface area contributed by atoms with Crippen molar-refractivity contribution in [1.82, 2.24) is 30.8 Å². The van der Waals surface area contributed by atoms with E-state index in [2.05, 4.69) is 26.3 Å². The number of aromatic nitrogens is 3. The second-order valence-electron chi connectivity index (χ2n) is 6.03. The number of amides is 1. The lowest BCUT2D eigenvalue weighted by Crippen LogP contribution is -2.41. The lowest BCUT2D eigenvalue weighted by molar-refractivity contribution is 0.0953. The molecule has 28 heavy (non-hydrogen) atoms. The van der Waals surface area contributed by atoms with Gasteiger partial charge in [-0.25, -0.2) is 13.9 Å². The van der Waals surface area contributed by atoms with E-state index in [0.717, 1.165) is 0 Å². The highest BCUT2D eigenvalue weighted by Crippen LogP contribution is 2.22. The summed E-state index contributed by atoms with van der Waals surface area (Å²) < 4.78 is 20.6. The zero-order valence-corrected chi connectivity index (χ0v) is 15.2. The Kier molecular flexibility index (Phi) is 4.40. The Labute approximate surface area is 159 Å². The van der Waals surface area contributed by atoms with Crippen molar-refractivity contribution in [3.8, 4) is 11.3 Å². The standard InChI is InChI=1S/C19H17FN6O2/c1-11-18(19(27)22-15-8-10-17(28-2)24-23-15)26-16(21-11)9-7-14(25-26)12-5-3-4-6-13(12)20/h3-10,23-24H,1-2H3,(H,22,27). The van der Waals surface area contributed by atoms with Crippen LogP contribution in [0.15, 0.2) is 60.3 Å². The Hall–Kier alpha value is -3.88. The molecule has 3 heterocycles. The largest absolute Gasteiger partial charge is 0.481 e. The van der Waals surface area contributed by atoms with Crippen LogP contribution in [-0.2, 0) is 4.74 Å². The SMILES string of the molecule is COC1=CC=C(NC(=O)c2c(C)nc3ccc(-c4ccccc4F)nn23)NN1. The van der Waals surface area contributed by atoms with E-state index in [1.807, 2.05) is 0 Å². The number of imidazole rings is 1. The molecule has 0 saturated carbocycles. The number of hydrogen-bond acceptors (Lipinski definition) is 6. The van der Waals surface area contributed by atoms with Crippen LogP contribution in [-0.4, -0.2) is 27.6 Å². The number of fused-ring (bicyclic) bond motifs is 1. The molecule has 3 N–H and O–H groups in total. The minimum Gasteiger partial charge on any atom is -0.481 e. The predicted octanol–water partition coefficient (Wildman–Crippen LogP) is 2.01. The molecule has 1 aliphatic heterocycles. The molecule has 0 aliphatic carbocycles. The van der Waals surface area contributed by atoms with Gasteiger partial charge in [0.1, 0.15) is 11.6 Å². The second kappa shape index (κ2) is 7.03. The zero-order chi connectivity index (χ0) is 19.7. The van der Waals surface area contributed by atoms with Gasteiger partial charge in [-0.05, 0) is 37.3 Å². The number of hydrazine groups is 1. The monoisotopic (exact) mass is 380 g/mol. The first-order valence-corrected chi connectivity index (χ1v) is 8.47. The summed E-state index contributed by atoms with van der Waals surface area (Å²) >= 11 is 0. The molecular formula is C19H17FN6O2. The number of allylic oxidation sites excluding steroid dienone is 2. The number of ether oxygens (including phenoxy) is 1. The molecule has 1 amide bonds. The molecule has 0 bridgehead atoms. The summed E-state index contributed by atoms with van der Waals surface area (Å²) in [5.41, 5.74) is 7.61. The van der Waals surface area contributed by atoms with Crippen LogP contribution in [0.4, 0.5) is 4.39 Å². The fourth-order valence-electron chi connectivity index (χ4n) is 2.86. The van der Waals surface area contributed by atoms with E-state index >= 15 is 0 Å². The van der Waals surface area contributed by atoms with Gasteiger partial charge in [-0.1, -0.05) is 12.1 Å². The van der Waals surface area contributed by atoms with Gasteiger partial charge in [-0.15, -0.1) is 0 Å². The van der Waals surface area contributed by atoms with Crippen molar-refractivity contribution < 1.29 is 13.9 Å². The quantitative estimate of drug-likeness (QED) is 0.641. The van der Waals surface area contributed by atoms with Gasteiger partial charge in [-0.2, -0.15) is 5.10 Å². The highest BCUT2D eigenvalue weighted by Gasteiger charge is 2.20. The van der Waals surface area contributed by atoms with Crippen LogP contribution < -0.4 is 16.2 Å². The molecule has 0 radical (unpaired) electrons. The van der Waals surface area contributed by atoms with Gasteiger partial charge in [0, 0.05) is 11.6 Å². The van der Waals surface area contributed by atoms with E-state index in [4.69, 9.17) is 4.74 Å². The van der Waals surface area contributed by atoms with Gasteiger partial charge in [-0.3, -0.25) is 15.6 Å². The van der Waals surface area contributed by atoms with E-state index in [1.165, 1.54) is 17.7 Å². The molecule has 4 rings (SSSR count). The number of hydrogen-bond donors (Lipinski definition) is 3. The summed E-state index contributed by atoms with van der Waals surface area (Å²) in [4.78, 5) is 17.2. The van der Waals surface area contributed by atoms with Crippen LogP contribution in [0.2, 0.25) is 0 Å². The van der Waals surface area contributed by atoms with Crippen LogP contribution in [0.1, 0.15) is 16.2 Å². The lowest BCUT2D eigenvalue weighted by Gasteiger charge is -2.18. The molecule has 0 atom stereocenters. The van der Waals surface area contributed by atoms with Crippen molar-refractivity contribution >= 4 is 11.6 Å². The van der Waals surface area contributed by atoms with Gasteiger partial charge in [0.15, 0.2) is 11.3 Å². The number of carbonyl (C=O) groups is 1. The Morgan fingerprint density at radius 2 is 2.00 bits per heavy atom. The van der Waals surface area contributed by atoms with E-state index in [-0.39, 0.29) is 11.5 Å². The average molecular weight is 380 g/mol. The van der Waals surface area contributed by atoms with E-state index in [9.17, 15) is 9.18 Å². The Balaban J connectivity index is 1.71. The first kappa shape index (κ1) is 17.5. The number of halogens is 1. The maximum absolute atomic E-state index is 14.1. The molecule has 2 aromatic heterocycles. The van der Waals surface area contributed by atoms with Crippen LogP contribution in [0.25, 0.3) is 16.9 Å². The maximum atomic E-state index is 14.1. The normalized spacial score (nSPS) is 13.2. The predicted molar refractivity (Wildman–Crippen MR) is 100 cm³/mol. The van der Waals surface area contributed by atoms with Crippen molar-refractivity contribution in [2.75, 3.05) is 7.11 Å². The molecular weight excluding hydrogens is 363 g/mol. The summed E-state index contributed by atoms with van der Waals surface area (Å²) in [6.07, 6.45) is 3.33. The number of nitrogens with one attached hydrogen (secondary N) is 3. The number of aryl methyl sites for hydroxylation is 1. The first-order valence-electron chi connectivity index (χ1n) is 8.47. The number of methoxy groups -OCH3 is 1. The Morgan fingerprint density at radius 3 is 2.71 bits per heavy atom. The smallest absolute Gasteiger partial charge is 0.277 e. The Morgan fingerprint density at radius 1 is 1.18 bits per heavy atom. The van der Waals surface area contributed by atoms with Gasteiger partial charge >= 0.3 is 0 Å². The molecule has 8 nitrogen and oxygen atoms in total. The molecule has 9 heteroatoms. The number of nitrogens with zero attached hydrogens (tertiary/aromatic N) is 3. The summed E-state index contributed by atoms with van der Waals surface area (Å²) in [5.74, 6) is 0.157. The van der Waals surface area contributed by atoms with Crippen molar-refractivity contribution in [2.24, 2.45) is 0 Å². The third-order valence-corrected chi connectivity index (χ3v) is 4.21. The van der Waals surface area contributed by atoms with Gasteiger partial charge in [0.25, 0.3) is 5.91 Å². The fourth-order valence-corrected chi connectivity index (χ4v) is 2.86. The second-order valence-corrected chi connectivity index (χ2v) is 6.03. The average Bonchev–Trinajstić information content (AvgIpc) is 3.04. The Bertz CT molecular complexity index is 1130. The van der Waals surface area contributed by atoms with Crippen LogP contribution >= 0.6 is 0 Å². The summed E-state index contributed by atoms with van der Waals surface area (Å²) in [7, 11) is 1.53. The molecule has 0 unspecified atom stereocenters. The highest BCUT2D eigenvalue weighted by atomic mass is 19.1. The van der Waals surface area contributed by atoms with E-state index < -0.39 is 5.91 Å². The summed E-state index contributed by atoms with van der Waals surface area (Å²) in [6, 6.07) is 9.71. The van der Waals surface area contributed by atoms with Crippen molar-refractivity contribution in [3.63, 3.8) is 0 Å². The topological polar surface area (TPSA) is 92.6 Å². The lowest BCUT2D eigenvalue weighted by atomic mass is 10.1. The molecule has 1 aliphatic rings. The minimum atomic E-state index is -0.405. The van der Waals surface area contributed by atoms with Gasteiger partial charge in [0.2, 0.25) is 5.88 Å². The van der Waals surface area contributed by atoms with Crippen LogP contribution in [0.5, 0.6) is 0 Å². The van der Waals surface area contributed by atoms with Crippen molar-refractivity contribution in [1.29, 1.82) is 0 Å². The molecule has 142 valence electrons. The molecule has 0 spiro atoms. The maximum Gasteiger partial charge on any atom is 0.277 e. The first-order chi connectivity index (χ1) is 13.6. The van der Waals surface area contributed by atoms with E-state index in [0.29, 0.717) is 34.3 Å². The molecule has 3 aromatic rings. The molecule has 1 aromatic carbocycles. The third-order valence-electron chi connectivity index (χ3n) is 4.21. The van der Waals surface area contributed by atoms with Crippen LogP contribution in [0.3, 0.4) is 0 Å². The number of carbonyl (C=O) groups excluding carboxylic acids is 1. The highest BCUT2D eigenvalue weighted by molar-refractivity contribution is 5.95. The van der Waals surface area contributed by atoms with Gasteiger partial charge < -0.3 is 10.1 Å². The zero-order valence-electron chi connectivity index (χ0n) is 15.2. The van der Waals surface area contributed by atoms with Crippen molar-refractivity contribution in [3.05, 3.63) is 77.5 Å². The molecule has 0 saturated heterocycles. The third kappa shape index (κ3) is 3.13. The van der Waals surface area contributed by atoms with E-state index in [1.54, 1.807) is 49.4 Å². The van der Waals surface area contributed by atoms with Gasteiger partial charge in [0.05, 0.1) is 18.5 Å². The van der Waals surface area contributed by atoms with Crippen LogP contribution in [0, 0.1) is 12.7 Å². The van der Waals surface area contributed by atoms with Crippen molar-refractivity contribution in [2.45, 2.75) is 6.92 Å².